The maximum Gasteiger partial charge on any atom is 0.321 e. The Bertz CT molecular complexity index is 467. The lowest BCUT2D eigenvalue weighted by Crippen LogP contribution is -2.27. The predicted octanol–water partition coefficient (Wildman–Crippen LogP) is 1.66. The number of halogens is 1. The molecule has 2 amide bonds. The second-order valence-electron chi connectivity index (χ2n) is 2.88. The van der Waals surface area contributed by atoms with Gasteiger partial charge in [-0.25, -0.2) is 4.79 Å². The molecular weight excluding hydrogens is 214 g/mol. The second kappa shape index (κ2) is 6.27. The molecule has 0 unspecified atom stereocenters. The molecule has 84 valence electrons. The number of rotatable bonds is 2. The highest BCUT2D eigenvalue weighted by Gasteiger charge is 2.02. The summed E-state index contributed by atoms with van der Waals surface area (Å²) >= 11 is 0. The summed E-state index contributed by atoms with van der Waals surface area (Å²) in [6, 6.07) is -1.57. The third kappa shape index (κ3) is 4.18. The lowest BCUT2D eigenvalue weighted by Gasteiger charge is -2.11. The number of amides is 2. The minimum atomic E-state index is -0.517. The molecule has 0 radical (unpaired) electrons. The van der Waals surface area contributed by atoms with Crippen molar-refractivity contribution in [3.8, 4) is 0 Å². The number of nitrogens with one attached hydrogen (secondary N) is 1. The summed E-state index contributed by atoms with van der Waals surface area (Å²) in [5.74, 6) is 0. The van der Waals surface area contributed by atoms with Gasteiger partial charge in [0.2, 0.25) is 0 Å². The van der Waals surface area contributed by atoms with Crippen molar-refractivity contribution >= 4 is 24.1 Å². The summed E-state index contributed by atoms with van der Waals surface area (Å²) in [7, 11) is 3.03. The highest BCUT2D eigenvalue weighted by atomic mass is 35.5. The van der Waals surface area contributed by atoms with Crippen molar-refractivity contribution in [2.75, 3.05) is 19.4 Å². The quantitative estimate of drug-likeness (QED) is 0.816. The smallest absolute Gasteiger partial charge is 0.321 e. The number of nitrogens with two attached hydrogens (primary N) is 1. The Kier molecular flexibility index (Phi) is 3.32. The zero-order valence-corrected chi connectivity index (χ0v) is 9.36. The average molecular weight is 234 g/mol. The summed E-state index contributed by atoms with van der Waals surface area (Å²) < 4.78 is 30.8. The monoisotopic (exact) mass is 233 g/mol. The van der Waals surface area contributed by atoms with Crippen LogP contribution in [0.2, 0.25) is 0 Å². The molecule has 0 spiro atoms. The van der Waals surface area contributed by atoms with Gasteiger partial charge in [-0.2, -0.15) is 0 Å². The third-order valence-corrected chi connectivity index (χ3v) is 1.52. The number of carbonyl (C=O) groups is 1. The lowest BCUT2D eigenvalue weighted by atomic mass is 10.2. The molecule has 3 N–H and O–H groups in total. The molecule has 5 heteroatoms. The van der Waals surface area contributed by atoms with E-state index in [0.29, 0.717) is 0 Å². The summed E-state index contributed by atoms with van der Waals surface area (Å²) in [5, 5.41) is 2.34. The Morgan fingerprint density at radius 3 is 2.40 bits per heavy atom. The zero-order valence-electron chi connectivity index (χ0n) is 12.5. The maximum atomic E-state index is 11.5. The van der Waals surface area contributed by atoms with E-state index in [2.05, 4.69) is 5.32 Å². The van der Waals surface area contributed by atoms with Crippen molar-refractivity contribution in [1.82, 2.24) is 4.90 Å². The van der Waals surface area contributed by atoms with E-state index < -0.39 is 6.03 Å². The molecule has 0 saturated heterocycles. The Morgan fingerprint density at radius 2 is 2.00 bits per heavy atom. The Hall–Kier alpha value is -1.26. The van der Waals surface area contributed by atoms with E-state index in [-0.39, 0.29) is 54.4 Å². The van der Waals surface area contributed by atoms with Crippen LogP contribution in [0.3, 0.4) is 0 Å². The molecule has 15 heavy (non-hydrogen) atoms. The van der Waals surface area contributed by atoms with Crippen molar-refractivity contribution in [2.24, 2.45) is 5.73 Å². The van der Waals surface area contributed by atoms with Crippen molar-refractivity contribution in [1.29, 1.82) is 0 Å². The van der Waals surface area contributed by atoms with Crippen molar-refractivity contribution in [2.45, 2.75) is 6.54 Å². The van der Waals surface area contributed by atoms with Gasteiger partial charge in [0, 0.05) is 26.3 Å². The van der Waals surface area contributed by atoms with E-state index in [1.54, 1.807) is 0 Å². The molecule has 0 aromatic heterocycles. The molecule has 0 heterocycles. The van der Waals surface area contributed by atoms with Gasteiger partial charge in [-0.1, -0.05) is 12.1 Å². The van der Waals surface area contributed by atoms with Crippen LogP contribution in [0, 0.1) is 0 Å². The minimum absolute atomic E-state index is 0. The SMILES string of the molecule is Cl.[2H]c1c([2H])c(NC(=O)N(C)C)c([2H])c([2H])c1CN. The number of anilines is 1. The van der Waals surface area contributed by atoms with Crippen LogP contribution in [0.1, 0.15) is 11.0 Å². The van der Waals surface area contributed by atoms with Gasteiger partial charge in [0.15, 0.2) is 0 Å². The van der Waals surface area contributed by atoms with Crippen LogP contribution in [0.4, 0.5) is 10.5 Å². The van der Waals surface area contributed by atoms with Crippen LogP contribution in [0.15, 0.2) is 24.2 Å². The number of benzene rings is 1. The van der Waals surface area contributed by atoms with Crippen LogP contribution in [-0.2, 0) is 6.54 Å². The molecule has 1 aromatic rings. The van der Waals surface area contributed by atoms with Crippen LogP contribution in [-0.4, -0.2) is 25.0 Å². The fraction of sp³-hybridized carbons (Fsp3) is 0.300. The van der Waals surface area contributed by atoms with Crippen molar-refractivity contribution in [3.05, 3.63) is 29.7 Å². The molecule has 1 aromatic carbocycles. The molecule has 0 atom stereocenters. The predicted molar refractivity (Wildman–Crippen MR) is 64.3 cm³/mol. The highest BCUT2D eigenvalue weighted by Crippen LogP contribution is 2.09. The molecule has 0 fully saturated rings. The largest absolute Gasteiger partial charge is 0.331 e. The first-order chi connectivity index (χ1) is 8.31. The van der Waals surface area contributed by atoms with Gasteiger partial charge in [0.25, 0.3) is 0 Å². The van der Waals surface area contributed by atoms with E-state index in [0.717, 1.165) is 0 Å². The van der Waals surface area contributed by atoms with Crippen molar-refractivity contribution in [3.63, 3.8) is 0 Å². The molecule has 4 nitrogen and oxygen atoms in total. The van der Waals surface area contributed by atoms with Gasteiger partial charge >= 0.3 is 6.03 Å². The van der Waals surface area contributed by atoms with Crippen LogP contribution < -0.4 is 11.1 Å². The molecule has 0 saturated carbocycles. The maximum absolute atomic E-state index is 11.5. The summed E-state index contributed by atoms with van der Waals surface area (Å²) in [4.78, 5) is 12.7. The van der Waals surface area contributed by atoms with Crippen LogP contribution >= 0.6 is 12.4 Å². The average Bonchev–Trinajstić information content (AvgIpc) is 2.32. The van der Waals surface area contributed by atoms with Gasteiger partial charge in [-0.3, -0.25) is 0 Å². The third-order valence-electron chi connectivity index (χ3n) is 1.52. The van der Waals surface area contributed by atoms with E-state index in [1.165, 1.54) is 19.0 Å². The zero-order chi connectivity index (χ0) is 14.0. The Balaban J connectivity index is 0.00000324. The molecular formula is C10H16ClN3O. The number of hydrogen-bond donors (Lipinski definition) is 2. The number of nitrogens with zero attached hydrogens (tertiary/aromatic N) is 1. The normalized spacial score (nSPS) is 12.7. The number of urea groups is 1. The Labute approximate surface area is 101 Å². The molecule has 1 rings (SSSR count). The molecule has 0 aliphatic carbocycles. The fourth-order valence-electron chi connectivity index (χ4n) is 0.722. The highest BCUT2D eigenvalue weighted by molar-refractivity contribution is 5.88. The first-order valence-corrected chi connectivity index (χ1v) is 4.08. The molecule has 0 aliphatic heterocycles. The van der Waals surface area contributed by atoms with Gasteiger partial charge < -0.3 is 16.0 Å². The van der Waals surface area contributed by atoms with E-state index in [4.69, 9.17) is 11.2 Å². The number of hydrogen-bond acceptors (Lipinski definition) is 2. The minimum Gasteiger partial charge on any atom is -0.331 e. The lowest BCUT2D eigenvalue weighted by molar-refractivity contribution is 0.230. The first-order valence-electron chi connectivity index (χ1n) is 6.08. The second-order valence-corrected chi connectivity index (χ2v) is 2.88. The van der Waals surface area contributed by atoms with Gasteiger partial charge in [-0.05, 0) is 17.6 Å². The van der Waals surface area contributed by atoms with Crippen LogP contribution in [0.25, 0.3) is 0 Å². The van der Waals surface area contributed by atoms with Gasteiger partial charge in [0.05, 0.1) is 5.48 Å². The first kappa shape index (κ1) is 7.96. The standard InChI is InChI=1S/C10H15N3O.ClH/c1-13(2)10(14)12-9-5-3-8(7-11)4-6-9;/h3-6H,7,11H2,1-2H3,(H,12,14);1H/i3D,4D,5D,6D;. The summed E-state index contributed by atoms with van der Waals surface area (Å²) in [6.45, 7) is -0.0860. The fourth-order valence-corrected chi connectivity index (χ4v) is 0.722. The molecule has 0 aliphatic rings. The summed E-state index contributed by atoms with van der Waals surface area (Å²) in [5.41, 5.74) is 5.38. The van der Waals surface area contributed by atoms with E-state index in [1.807, 2.05) is 0 Å². The Morgan fingerprint density at radius 1 is 1.47 bits per heavy atom. The van der Waals surface area contributed by atoms with E-state index >= 15 is 0 Å². The van der Waals surface area contributed by atoms with E-state index in [9.17, 15) is 4.79 Å². The summed E-state index contributed by atoms with van der Waals surface area (Å²) in [6.07, 6.45) is 0. The molecule has 0 bridgehead atoms. The topological polar surface area (TPSA) is 58.4 Å². The number of carbonyl (C=O) groups excluding carboxylic acids is 1. The van der Waals surface area contributed by atoms with Gasteiger partial charge in [-0.15, -0.1) is 12.4 Å². The van der Waals surface area contributed by atoms with Gasteiger partial charge in [0.1, 0.15) is 0 Å². The van der Waals surface area contributed by atoms with Crippen molar-refractivity contribution < 1.29 is 10.3 Å². The van der Waals surface area contributed by atoms with Crippen LogP contribution in [0.5, 0.6) is 0 Å².